The van der Waals surface area contributed by atoms with Gasteiger partial charge in [0.15, 0.2) is 0 Å². The Morgan fingerprint density at radius 3 is 2.59 bits per heavy atom. The zero-order chi connectivity index (χ0) is 19.2. The highest BCUT2D eigenvalue weighted by atomic mass is 32.2. The number of aryl methyl sites for hydroxylation is 1. The second-order valence-corrected chi connectivity index (χ2v) is 7.66. The molecule has 0 atom stereocenters. The van der Waals surface area contributed by atoms with Crippen molar-refractivity contribution in [1.82, 2.24) is 20.5 Å². The van der Waals surface area contributed by atoms with E-state index < -0.39 is 0 Å². The largest absolute Gasteiger partial charge is 0.497 e. The van der Waals surface area contributed by atoms with Crippen LogP contribution in [0.3, 0.4) is 0 Å². The van der Waals surface area contributed by atoms with Crippen molar-refractivity contribution in [3.8, 4) is 26.9 Å². The van der Waals surface area contributed by atoms with Gasteiger partial charge in [-0.25, -0.2) is 4.98 Å². The van der Waals surface area contributed by atoms with Crippen LogP contribution >= 0.6 is 23.1 Å². The molecule has 0 bridgehead atoms. The lowest BCUT2D eigenvalue weighted by molar-refractivity contribution is -0.118. The number of rotatable bonds is 7. The Bertz CT molecular complexity index is 908. The van der Waals surface area contributed by atoms with Crippen molar-refractivity contribution in [3.63, 3.8) is 0 Å². The zero-order valence-corrected chi connectivity index (χ0v) is 17.0. The number of ether oxygens (including phenoxy) is 1. The highest BCUT2D eigenvalue weighted by molar-refractivity contribution is 7.99. The molecule has 27 heavy (non-hydrogen) atoms. The Morgan fingerprint density at radius 1 is 1.19 bits per heavy atom. The summed E-state index contributed by atoms with van der Waals surface area (Å²) < 4.78 is 5.20. The molecule has 3 aromatic rings. The smallest absolute Gasteiger partial charge is 0.230 e. The van der Waals surface area contributed by atoms with E-state index in [1.54, 1.807) is 18.4 Å². The van der Waals surface area contributed by atoms with Gasteiger partial charge in [0.05, 0.1) is 23.4 Å². The SMILES string of the molecule is CCNC(=O)CSc1ccc(-c2sc(-c3ccc(OC)cc3)nc2C)nn1. The topological polar surface area (TPSA) is 77.0 Å². The first-order valence-corrected chi connectivity index (χ1v) is 10.3. The van der Waals surface area contributed by atoms with Gasteiger partial charge in [0.25, 0.3) is 0 Å². The van der Waals surface area contributed by atoms with Gasteiger partial charge in [0.2, 0.25) is 5.91 Å². The predicted molar refractivity (Wildman–Crippen MR) is 109 cm³/mol. The maximum Gasteiger partial charge on any atom is 0.230 e. The third-order valence-corrected chi connectivity index (χ3v) is 5.88. The number of carbonyl (C=O) groups is 1. The fourth-order valence-corrected chi connectivity index (χ4v) is 4.08. The molecule has 1 amide bonds. The minimum Gasteiger partial charge on any atom is -0.497 e. The minimum absolute atomic E-state index is 0.00388. The average Bonchev–Trinajstić information content (AvgIpc) is 3.09. The molecule has 2 aromatic heterocycles. The summed E-state index contributed by atoms with van der Waals surface area (Å²) in [5.74, 6) is 1.15. The van der Waals surface area contributed by atoms with Crippen molar-refractivity contribution in [2.24, 2.45) is 0 Å². The molecule has 0 radical (unpaired) electrons. The number of hydrogen-bond acceptors (Lipinski definition) is 7. The average molecular weight is 401 g/mol. The van der Waals surface area contributed by atoms with Crippen LogP contribution in [0, 0.1) is 6.92 Å². The van der Waals surface area contributed by atoms with Crippen LogP contribution in [-0.4, -0.2) is 40.5 Å². The first-order chi connectivity index (χ1) is 13.1. The molecular weight excluding hydrogens is 380 g/mol. The molecule has 0 aliphatic rings. The minimum atomic E-state index is -0.00388. The molecule has 0 aliphatic heterocycles. The van der Waals surface area contributed by atoms with E-state index in [0.29, 0.717) is 12.3 Å². The standard InChI is InChI=1S/C19H20N4O2S2/c1-4-20-16(24)11-26-17-10-9-15(22-23-17)18-12(2)21-19(27-18)13-5-7-14(25-3)8-6-13/h5-10H,4,11H2,1-3H3,(H,20,24). The van der Waals surface area contributed by atoms with E-state index in [-0.39, 0.29) is 5.91 Å². The summed E-state index contributed by atoms with van der Waals surface area (Å²) in [5.41, 5.74) is 2.74. The quantitative estimate of drug-likeness (QED) is 0.608. The zero-order valence-electron chi connectivity index (χ0n) is 15.4. The van der Waals surface area contributed by atoms with Crippen molar-refractivity contribution in [2.75, 3.05) is 19.4 Å². The van der Waals surface area contributed by atoms with Crippen LogP contribution in [-0.2, 0) is 4.79 Å². The molecule has 1 N–H and O–H groups in total. The molecule has 0 unspecified atom stereocenters. The summed E-state index contributed by atoms with van der Waals surface area (Å²) in [6.45, 7) is 4.50. The molecule has 0 aliphatic carbocycles. The van der Waals surface area contributed by atoms with Crippen LogP contribution in [0.25, 0.3) is 21.1 Å². The van der Waals surface area contributed by atoms with Crippen LogP contribution < -0.4 is 10.1 Å². The molecule has 0 spiro atoms. The number of nitrogens with one attached hydrogen (secondary N) is 1. The van der Waals surface area contributed by atoms with E-state index in [1.807, 2.05) is 50.2 Å². The number of benzene rings is 1. The lowest BCUT2D eigenvalue weighted by Crippen LogP contribution is -2.24. The van der Waals surface area contributed by atoms with Gasteiger partial charge in [0, 0.05) is 12.1 Å². The molecule has 2 heterocycles. The summed E-state index contributed by atoms with van der Waals surface area (Å²) in [7, 11) is 1.65. The van der Waals surface area contributed by atoms with E-state index in [4.69, 9.17) is 4.74 Å². The summed E-state index contributed by atoms with van der Waals surface area (Å²) in [6, 6.07) is 11.6. The van der Waals surface area contributed by atoms with Crippen molar-refractivity contribution in [2.45, 2.75) is 18.9 Å². The van der Waals surface area contributed by atoms with Gasteiger partial charge in [-0.1, -0.05) is 11.8 Å². The molecule has 3 rings (SSSR count). The molecule has 140 valence electrons. The van der Waals surface area contributed by atoms with Crippen molar-refractivity contribution in [1.29, 1.82) is 0 Å². The van der Waals surface area contributed by atoms with Gasteiger partial charge in [-0.15, -0.1) is 21.5 Å². The van der Waals surface area contributed by atoms with Crippen molar-refractivity contribution < 1.29 is 9.53 Å². The highest BCUT2D eigenvalue weighted by Gasteiger charge is 2.13. The Balaban J connectivity index is 1.74. The number of thiazole rings is 1. The summed E-state index contributed by atoms with van der Waals surface area (Å²) in [5, 5.41) is 13.0. The van der Waals surface area contributed by atoms with Gasteiger partial charge < -0.3 is 10.1 Å². The van der Waals surface area contributed by atoms with Crippen molar-refractivity contribution >= 4 is 29.0 Å². The predicted octanol–water partition coefficient (Wildman–Crippen LogP) is 3.81. The maximum atomic E-state index is 11.5. The Labute approximate surface area is 166 Å². The van der Waals surface area contributed by atoms with Gasteiger partial charge in [-0.05, 0) is 50.2 Å². The first-order valence-electron chi connectivity index (χ1n) is 8.46. The number of amides is 1. The fraction of sp³-hybridized carbons (Fsp3) is 0.263. The van der Waals surface area contributed by atoms with E-state index in [0.717, 1.165) is 37.6 Å². The number of hydrogen-bond donors (Lipinski definition) is 1. The van der Waals surface area contributed by atoms with Gasteiger partial charge in [-0.3, -0.25) is 4.79 Å². The second-order valence-electron chi connectivity index (χ2n) is 5.66. The Morgan fingerprint density at radius 2 is 1.96 bits per heavy atom. The molecule has 0 saturated carbocycles. The maximum absolute atomic E-state index is 11.5. The van der Waals surface area contributed by atoms with Crippen LogP contribution in [0.15, 0.2) is 41.4 Å². The lowest BCUT2D eigenvalue weighted by atomic mass is 10.2. The summed E-state index contributed by atoms with van der Waals surface area (Å²) in [6.07, 6.45) is 0. The summed E-state index contributed by atoms with van der Waals surface area (Å²) >= 11 is 2.96. The van der Waals surface area contributed by atoms with E-state index in [2.05, 4.69) is 20.5 Å². The van der Waals surface area contributed by atoms with Gasteiger partial charge in [-0.2, -0.15) is 0 Å². The van der Waals surface area contributed by atoms with E-state index in [1.165, 1.54) is 11.8 Å². The monoisotopic (exact) mass is 400 g/mol. The highest BCUT2D eigenvalue weighted by Crippen LogP contribution is 2.34. The Kier molecular flexibility index (Phi) is 6.41. The van der Waals surface area contributed by atoms with Crippen LogP contribution in [0.1, 0.15) is 12.6 Å². The van der Waals surface area contributed by atoms with Gasteiger partial charge >= 0.3 is 0 Å². The third-order valence-electron chi connectivity index (χ3n) is 3.73. The number of thioether (sulfide) groups is 1. The molecular formula is C19H20N4O2S2. The normalized spacial score (nSPS) is 10.6. The van der Waals surface area contributed by atoms with Crippen molar-refractivity contribution in [3.05, 3.63) is 42.1 Å². The summed E-state index contributed by atoms with van der Waals surface area (Å²) in [4.78, 5) is 17.2. The molecule has 1 aromatic carbocycles. The number of carbonyl (C=O) groups excluding carboxylic acids is 1. The first kappa shape index (κ1) is 19.3. The van der Waals surface area contributed by atoms with Crippen LogP contribution in [0.2, 0.25) is 0 Å². The second kappa shape index (κ2) is 8.96. The Hall–Kier alpha value is -2.45. The molecule has 0 saturated heterocycles. The molecule has 6 nitrogen and oxygen atoms in total. The third kappa shape index (κ3) is 4.84. The molecule has 0 fully saturated rings. The van der Waals surface area contributed by atoms with Crippen LogP contribution in [0.4, 0.5) is 0 Å². The number of nitrogens with zero attached hydrogens (tertiary/aromatic N) is 3. The van der Waals surface area contributed by atoms with Gasteiger partial charge in [0.1, 0.15) is 21.5 Å². The number of methoxy groups -OCH3 is 1. The van der Waals surface area contributed by atoms with E-state index in [9.17, 15) is 4.79 Å². The lowest BCUT2D eigenvalue weighted by Gasteiger charge is -2.02. The van der Waals surface area contributed by atoms with E-state index >= 15 is 0 Å². The fourth-order valence-electron chi connectivity index (χ4n) is 2.40. The number of aromatic nitrogens is 3. The van der Waals surface area contributed by atoms with Crippen LogP contribution in [0.5, 0.6) is 5.75 Å². The molecule has 8 heteroatoms.